The van der Waals surface area contributed by atoms with E-state index in [-0.39, 0.29) is 6.79 Å². The van der Waals surface area contributed by atoms with Crippen LogP contribution >= 0.6 is 0 Å². The molecule has 2 aromatic carbocycles. The largest absolute Gasteiger partial charge is 0.454 e. The molecule has 26 heavy (non-hydrogen) atoms. The second kappa shape index (κ2) is 6.07. The van der Waals surface area contributed by atoms with E-state index in [0.29, 0.717) is 6.54 Å². The summed E-state index contributed by atoms with van der Waals surface area (Å²) in [5, 5.41) is 3.52. The van der Waals surface area contributed by atoms with Gasteiger partial charge in [0, 0.05) is 24.5 Å². The van der Waals surface area contributed by atoms with Gasteiger partial charge in [-0.05, 0) is 17.7 Å². The standard InChI is InChI=1S/C20H16N4O2/c1-2-4-15(5-3-1)19-20(24-9-8-21-12-18(24)23-19)22-11-14-6-7-16-17(10-14)26-13-25-16/h1-10,12,22H,11,13H2. The Morgan fingerprint density at radius 3 is 2.85 bits per heavy atom. The van der Waals surface area contributed by atoms with E-state index in [2.05, 4.69) is 22.4 Å². The topological polar surface area (TPSA) is 60.7 Å². The molecule has 0 aliphatic carbocycles. The molecule has 0 saturated carbocycles. The highest BCUT2D eigenvalue weighted by Crippen LogP contribution is 2.33. The highest BCUT2D eigenvalue weighted by molar-refractivity contribution is 5.76. The Bertz CT molecular complexity index is 1080. The van der Waals surface area contributed by atoms with Gasteiger partial charge in [0.1, 0.15) is 11.5 Å². The van der Waals surface area contributed by atoms with Gasteiger partial charge < -0.3 is 14.8 Å². The molecule has 0 fully saturated rings. The number of nitrogens with one attached hydrogen (secondary N) is 1. The van der Waals surface area contributed by atoms with Gasteiger partial charge in [0.25, 0.3) is 0 Å². The van der Waals surface area contributed by atoms with Crippen molar-refractivity contribution in [2.45, 2.75) is 6.54 Å². The molecule has 0 saturated heterocycles. The van der Waals surface area contributed by atoms with Crippen LogP contribution in [-0.2, 0) is 6.54 Å². The monoisotopic (exact) mass is 344 g/mol. The van der Waals surface area contributed by atoms with Crippen LogP contribution in [0.25, 0.3) is 16.9 Å². The maximum absolute atomic E-state index is 5.46. The van der Waals surface area contributed by atoms with Crippen LogP contribution in [0.3, 0.4) is 0 Å². The molecule has 6 heteroatoms. The first-order valence-corrected chi connectivity index (χ1v) is 8.38. The third-order valence-corrected chi connectivity index (χ3v) is 4.37. The zero-order valence-electron chi connectivity index (χ0n) is 13.9. The number of hydrogen-bond acceptors (Lipinski definition) is 5. The van der Waals surface area contributed by atoms with E-state index in [1.165, 1.54) is 0 Å². The van der Waals surface area contributed by atoms with Crippen LogP contribution in [-0.4, -0.2) is 21.2 Å². The van der Waals surface area contributed by atoms with Gasteiger partial charge in [0.15, 0.2) is 17.1 Å². The molecular formula is C20H16N4O2. The lowest BCUT2D eigenvalue weighted by Crippen LogP contribution is -2.03. The van der Waals surface area contributed by atoms with Crippen molar-refractivity contribution in [3.8, 4) is 22.8 Å². The van der Waals surface area contributed by atoms with Crippen LogP contribution in [0.2, 0.25) is 0 Å². The van der Waals surface area contributed by atoms with E-state index < -0.39 is 0 Å². The SMILES string of the molecule is c1ccc(-c2nc3cnccn3c2NCc2ccc3c(c2)OCO3)cc1. The van der Waals surface area contributed by atoms with E-state index in [9.17, 15) is 0 Å². The summed E-state index contributed by atoms with van der Waals surface area (Å²) in [6, 6.07) is 16.1. The molecular weight excluding hydrogens is 328 g/mol. The lowest BCUT2D eigenvalue weighted by Gasteiger charge is -2.09. The summed E-state index contributed by atoms with van der Waals surface area (Å²) in [6.45, 7) is 0.928. The molecule has 0 radical (unpaired) electrons. The van der Waals surface area contributed by atoms with Crippen LogP contribution in [0.15, 0.2) is 67.1 Å². The Morgan fingerprint density at radius 1 is 1.04 bits per heavy atom. The summed E-state index contributed by atoms with van der Waals surface area (Å²) in [6.07, 6.45) is 5.43. The number of benzene rings is 2. The summed E-state index contributed by atoms with van der Waals surface area (Å²) in [5.41, 5.74) is 3.88. The molecule has 1 aliphatic heterocycles. The number of ether oxygens (including phenoxy) is 2. The number of anilines is 1. The Labute approximate surface area is 150 Å². The quantitative estimate of drug-likeness (QED) is 0.611. The smallest absolute Gasteiger partial charge is 0.231 e. The Kier molecular flexibility index (Phi) is 3.45. The van der Waals surface area contributed by atoms with Gasteiger partial charge in [-0.3, -0.25) is 9.38 Å². The molecule has 1 N–H and O–H groups in total. The summed E-state index contributed by atoms with van der Waals surface area (Å²) in [7, 11) is 0. The molecule has 4 aromatic rings. The molecule has 0 unspecified atom stereocenters. The number of aromatic nitrogens is 3. The van der Waals surface area contributed by atoms with Crippen molar-refractivity contribution in [1.29, 1.82) is 0 Å². The van der Waals surface area contributed by atoms with Gasteiger partial charge >= 0.3 is 0 Å². The van der Waals surface area contributed by atoms with E-state index in [1.807, 2.05) is 47.0 Å². The highest BCUT2D eigenvalue weighted by Gasteiger charge is 2.16. The second-order valence-corrected chi connectivity index (χ2v) is 6.02. The minimum atomic E-state index is 0.282. The number of fused-ring (bicyclic) bond motifs is 2. The average molecular weight is 344 g/mol. The third-order valence-electron chi connectivity index (χ3n) is 4.37. The Balaban J connectivity index is 1.51. The van der Waals surface area contributed by atoms with Gasteiger partial charge in [0.2, 0.25) is 6.79 Å². The molecule has 1 aliphatic rings. The van der Waals surface area contributed by atoms with Crippen LogP contribution in [0.4, 0.5) is 5.82 Å². The van der Waals surface area contributed by atoms with Crippen molar-refractivity contribution in [2.24, 2.45) is 0 Å². The Hall–Kier alpha value is -3.54. The molecule has 2 aromatic heterocycles. The van der Waals surface area contributed by atoms with Gasteiger partial charge in [-0.1, -0.05) is 36.4 Å². The molecule has 6 nitrogen and oxygen atoms in total. The van der Waals surface area contributed by atoms with Crippen molar-refractivity contribution in [3.05, 3.63) is 72.7 Å². The van der Waals surface area contributed by atoms with Crippen molar-refractivity contribution < 1.29 is 9.47 Å². The van der Waals surface area contributed by atoms with Gasteiger partial charge in [0.05, 0.1) is 6.20 Å². The average Bonchev–Trinajstić information content (AvgIpc) is 3.31. The van der Waals surface area contributed by atoms with E-state index >= 15 is 0 Å². The molecule has 0 bridgehead atoms. The van der Waals surface area contributed by atoms with Gasteiger partial charge in [-0.15, -0.1) is 0 Å². The second-order valence-electron chi connectivity index (χ2n) is 6.02. The first-order valence-electron chi connectivity index (χ1n) is 8.38. The molecule has 0 spiro atoms. The molecule has 128 valence electrons. The number of hydrogen-bond donors (Lipinski definition) is 1. The van der Waals surface area contributed by atoms with Crippen molar-refractivity contribution >= 4 is 11.5 Å². The predicted molar refractivity (Wildman–Crippen MR) is 98.3 cm³/mol. The number of nitrogens with zero attached hydrogens (tertiary/aromatic N) is 3. The zero-order valence-corrected chi connectivity index (χ0v) is 13.9. The van der Waals surface area contributed by atoms with Crippen LogP contribution in [0.1, 0.15) is 5.56 Å². The van der Waals surface area contributed by atoms with Crippen molar-refractivity contribution in [3.63, 3.8) is 0 Å². The minimum absolute atomic E-state index is 0.282. The maximum Gasteiger partial charge on any atom is 0.231 e. The number of rotatable bonds is 4. The van der Waals surface area contributed by atoms with Gasteiger partial charge in [-0.2, -0.15) is 0 Å². The minimum Gasteiger partial charge on any atom is -0.454 e. The third kappa shape index (κ3) is 2.52. The predicted octanol–water partition coefficient (Wildman–Crippen LogP) is 3.74. The normalized spacial score (nSPS) is 12.5. The van der Waals surface area contributed by atoms with E-state index in [0.717, 1.165) is 39.8 Å². The summed E-state index contributed by atoms with van der Waals surface area (Å²) >= 11 is 0. The fourth-order valence-electron chi connectivity index (χ4n) is 3.11. The van der Waals surface area contributed by atoms with E-state index in [4.69, 9.17) is 14.5 Å². The first kappa shape index (κ1) is 14.8. The summed E-state index contributed by atoms with van der Waals surface area (Å²) in [4.78, 5) is 8.92. The lowest BCUT2D eigenvalue weighted by atomic mass is 10.1. The van der Waals surface area contributed by atoms with Crippen molar-refractivity contribution in [2.75, 3.05) is 12.1 Å². The molecule has 5 rings (SSSR count). The zero-order chi connectivity index (χ0) is 17.3. The number of imidazole rings is 1. The molecule has 3 heterocycles. The van der Waals surface area contributed by atoms with Crippen LogP contribution < -0.4 is 14.8 Å². The Morgan fingerprint density at radius 2 is 1.92 bits per heavy atom. The summed E-state index contributed by atoms with van der Waals surface area (Å²) in [5.74, 6) is 2.51. The fraction of sp³-hybridized carbons (Fsp3) is 0.100. The van der Waals surface area contributed by atoms with E-state index in [1.54, 1.807) is 12.4 Å². The molecule has 0 amide bonds. The molecule has 0 atom stereocenters. The van der Waals surface area contributed by atoms with Crippen LogP contribution in [0, 0.1) is 0 Å². The van der Waals surface area contributed by atoms with Gasteiger partial charge in [-0.25, -0.2) is 4.98 Å². The van der Waals surface area contributed by atoms with Crippen molar-refractivity contribution in [1.82, 2.24) is 14.4 Å². The summed E-state index contributed by atoms with van der Waals surface area (Å²) < 4.78 is 12.9. The van der Waals surface area contributed by atoms with Crippen LogP contribution in [0.5, 0.6) is 11.5 Å². The fourth-order valence-corrected chi connectivity index (χ4v) is 3.11. The lowest BCUT2D eigenvalue weighted by molar-refractivity contribution is 0.174. The highest BCUT2D eigenvalue weighted by atomic mass is 16.7. The first-order chi connectivity index (χ1) is 12.9. The maximum atomic E-state index is 5.46.